The zero-order valence-electron chi connectivity index (χ0n) is 15.3. The van der Waals surface area contributed by atoms with Crippen LogP contribution in [-0.4, -0.2) is 48.7 Å². The van der Waals surface area contributed by atoms with Crippen LogP contribution in [-0.2, 0) is 6.42 Å². The van der Waals surface area contributed by atoms with Gasteiger partial charge in [0.25, 0.3) is 5.91 Å². The summed E-state index contributed by atoms with van der Waals surface area (Å²) >= 11 is 0. The number of para-hydroxylation sites is 2. The Labute approximate surface area is 157 Å². The molecule has 0 unspecified atom stereocenters. The molecule has 2 aromatic rings. The molecule has 1 amide bonds. The van der Waals surface area contributed by atoms with Crippen LogP contribution in [0.5, 0.6) is 11.5 Å². The van der Waals surface area contributed by atoms with E-state index in [9.17, 15) is 4.79 Å². The summed E-state index contributed by atoms with van der Waals surface area (Å²) < 4.78 is 11.4. The highest BCUT2D eigenvalue weighted by Gasteiger charge is 2.36. The van der Waals surface area contributed by atoms with Crippen molar-refractivity contribution in [2.75, 3.05) is 31.6 Å². The first-order chi connectivity index (χ1) is 13.2. The molecular formula is C20H22N4O3. The van der Waals surface area contributed by atoms with E-state index >= 15 is 0 Å². The fourth-order valence-corrected chi connectivity index (χ4v) is 3.66. The van der Waals surface area contributed by atoms with Gasteiger partial charge in [0.05, 0.1) is 20.2 Å². The minimum Gasteiger partial charge on any atom is -0.493 e. The number of carbonyl (C=O) groups excluding carboxylic acids is 1. The molecule has 0 spiro atoms. The summed E-state index contributed by atoms with van der Waals surface area (Å²) in [5, 5.41) is 2.89. The third kappa shape index (κ3) is 2.97. The second kappa shape index (κ2) is 6.40. The standard InChI is InChI=1S/C20H22N4O3/c1-26-15-4-2-3-5-16(15)27-13-10-24(11-13)19-14-8-9-21-20(25)17(14)22-18(23-19)12-6-7-12/h2-5,12-13H,6-11H2,1H3,(H,21,25). The number of methoxy groups -OCH3 is 1. The Balaban J connectivity index is 1.36. The number of ether oxygens (including phenoxy) is 2. The molecule has 3 heterocycles. The Kier molecular flexibility index (Phi) is 3.88. The molecule has 1 aromatic heterocycles. The van der Waals surface area contributed by atoms with Gasteiger partial charge in [0, 0.05) is 18.0 Å². The van der Waals surface area contributed by atoms with Gasteiger partial charge in [0.1, 0.15) is 23.4 Å². The molecule has 2 aliphatic heterocycles. The molecule has 5 rings (SSSR count). The quantitative estimate of drug-likeness (QED) is 0.871. The first-order valence-electron chi connectivity index (χ1n) is 9.46. The highest BCUT2D eigenvalue weighted by molar-refractivity contribution is 5.96. The second-order valence-corrected chi connectivity index (χ2v) is 7.31. The maximum absolute atomic E-state index is 12.3. The van der Waals surface area contributed by atoms with E-state index in [1.54, 1.807) is 7.11 Å². The molecule has 1 aromatic carbocycles. The minimum absolute atomic E-state index is 0.0775. The van der Waals surface area contributed by atoms with E-state index in [1.807, 2.05) is 24.3 Å². The van der Waals surface area contributed by atoms with E-state index in [1.165, 1.54) is 0 Å². The van der Waals surface area contributed by atoms with Gasteiger partial charge < -0.3 is 19.7 Å². The predicted molar refractivity (Wildman–Crippen MR) is 99.7 cm³/mol. The molecule has 0 radical (unpaired) electrons. The number of anilines is 1. The maximum atomic E-state index is 12.3. The fraction of sp³-hybridized carbons (Fsp3) is 0.450. The van der Waals surface area contributed by atoms with Gasteiger partial charge in [0.2, 0.25) is 0 Å². The van der Waals surface area contributed by atoms with Crippen LogP contribution >= 0.6 is 0 Å². The SMILES string of the molecule is COc1ccccc1OC1CN(c2nc(C3CC3)nc3c2CCNC3=O)C1. The van der Waals surface area contributed by atoms with Gasteiger partial charge in [-0.2, -0.15) is 0 Å². The number of hydrogen-bond acceptors (Lipinski definition) is 6. The topological polar surface area (TPSA) is 76.6 Å². The molecule has 3 aliphatic rings. The van der Waals surface area contributed by atoms with E-state index in [2.05, 4.69) is 15.2 Å². The summed E-state index contributed by atoms with van der Waals surface area (Å²) in [5.41, 5.74) is 1.53. The molecule has 7 heteroatoms. The average molecular weight is 366 g/mol. The number of rotatable bonds is 5. The zero-order chi connectivity index (χ0) is 18.4. The van der Waals surface area contributed by atoms with Gasteiger partial charge in [-0.3, -0.25) is 4.79 Å². The zero-order valence-corrected chi connectivity index (χ0v) is 15.3. The molecule has 1 saturated heterocycles. The number of aromatic nitrogens is 2. The van der Waals surface area contributed by atoms with Crippen molar-refractivity contribution in [2.24, 2.45) is 0 Å². The van der Waals surface area contributed by atoms with Crippen molar-refractivity contribution in [2.45, 2.75) is 31.3 Å². The van der Waals surface area contributed by atoms with Crippen LogP contribution in [0.1, 0.15) is 40.6 Å². The highest BCUT2D eigenvalue weighted by Crippen LogP contribution is 2.40. The lowest BCUT2D eigenvalue weighted by molar-refractivity contribution is 0.0939. The second-order valence-electron chi connectivity index (χ2n) is 7.31. The first kappa shape index (κ1) is 16.4. The molecule has 27 heavy (non-hydrogen) atoms. The van der Waals surface area contributed by atoms with Gasteiger partial charge in [-0.25, -0.2) is 9.97 Å². The molecule has 0 bridgehead atoms. The van der Waals surface area contributed by atoms with Gasteiger partial charge in [-0.1, -0.05) is 12.1 Å². The van der Waals surface area contributed by atoms with Gasteiger partial charge in [0.15, 0.2) is 11.5 Å². The largest absolute Gasteiger partial charge is 0.493 e. The molecular weight excluding hydrogens is 344 g/mol. The van der Waals surface area contributed by atoms with Crippen LogP contribution in [0, 0.1) is 0 Å². The minimum atomic E-state index is -0.0795. The van der Waals surface area contributed by atoms with Crippen LogP contribution in [0.3, 0.4) is 0 Å². The van der Waals surface area contributed by atoms with Gasteiger partial charge in [-0.15, -0.1) is 0 Å². The monoisotopic (exact) mass is 366 g/mol. The molecule has 1 saturated carbocycles. The molecule has 1 aliphatic carbocycles. The molecule has 0 atom stereocenters. The van der Waals surface area contributed by atoms with Crippen LogP contribution in [0.2, 0.25) is 0 Å². The highest BCUT2D eigenvalue weighted by atomic mass is 16.5. The van der Waals surface area contributed by atoms with Crippen LogP contribution < -0.4 is 19.7 Å². The maximum Gasteiger partial charge on any atom is 0.270 e. The van der Waals surface area contributed by atoms with Crippen molar-refractivity contribution in [3.8, 4) is 11.5 Å². The summed E-state index contributed by atoms with van der Waals surface area (Å²) in [6.07, 6.45) is 3.07. The van der Waals surface area contributed by atoms with E-state index in [4.69, 9.17) is 14.5 Å². The lowest BCUT2D eigenvalue weighted by atomic mass is 10.0. The number of nitrogens with one attached hydrogen (secondary N) is 1. The van der Waals surface area contributed by atoms with Gasteiger partial charge in [-0.05, 0) is 31.4 Å². The van der Waals surface area contributed by atoms with E-state index < -0.39 is 0 Å². The van der Waals surface area contributed by atoms with Crippen molar-refractivity contribution in [1.82, 2.24) is 15.3 Å². The number of fused-ring (bicyclic) bond motifs is 1. The number of hydrogen-bond donors (Lipinski definition) is 1. The summed E-state index contributed by atoms with van der Waals surface area (Å²) in [5.74, 6) is 3.55. The molecule has 7 nitrogen and oxygen atoms in total. The Hall–Kier alpha value is -2.83. The number of benzene rings is 1. The van der Waals surface area contributed by atoms with E-state index in [0.29, 0.717) is 18.2 Å². The third-order valence-corrected chi connectivity index (χ3v) is 5.33. The number of carbonyl (C=O) groups is 1. The third-order valence-electron chi connectivity index (χ3n) is 5.33. The summed E-state index contributed by atoms with van der Waals surface area (Å²) in [4.78, 5) is 23.9. The first-order valence-corrected chi connectivity index (χ1v) is 9.46. The molecule has 140 valence electrons. The van der Waals surface area contributed by atoms with E-state index in [-0.39, 0.29) is 12.0 Å². The Bertz CT molecular complexity index is 891. The molecule has 2 fully saturated rings. The summed E-state index contributed by atoms with van der Waals surface area (Å²) in [7, 11) is 1.65. The van der Waals surface area contributed by atoms with Crippen molar-refractivity contribution in [3.63, 3.8) is 0 Å². The summed E-state index contributed by atoms with van der Waals surface area (Å²) in [6.45, 7) is 2.13. The Morgan fingerprint density at radius 3 is 2.67 bits per heavy atom. The lowest BCUT2D eigenvalue weighted by Crippen LogP contribution is -2.55. The van der Waals surface area contributed by atoms with Crippen molar-refractivity contribution in [1.29, 1.82) is 0 Å². The molecule has 1 N–H and O–H groups in total. The lowest BCUT2D eigenvalue weighted by Gasteiger charge is -2.41. The van der Waals surface area contributed by atoms with E-state index in [0.717, 1.165) is 61.1 Å². The van der Waals surface area contributed by atoms with Crippen LogP contribution in [0.4, 0.5) is 5.82 Å². The van der Waals surface area contributed by atoms with Crippen LogP contribution in [0.25, 0.3) is 0 Å². The van der Waals surface area contributed by atoms with Crippen molar-refractivity contribution >= 4 is 11.7 Å². The van der Waals surface area contributed by atoms with Crippen molar-refractivity contribution in [3.05, 3.63) is 41.3 Å². The normalized spacial score (nSPS) is 19.1. The van der Waals surface area contributed by atoms with Crippen LogP contribution in [0.15, 0.2) is 24.3 Å². The fourth-order valence-electron chi connectivity index (χ4n) is 3.66. The Morgan fingerprint density at radius 2 is 1.93 bits per heavy atom. The average Bonchev–Trinajstić information content (AvgIpc) is 3.50. The predicted octanol–water partition coefficient (Wildman–Crippen LogP) is 1.92. The smallest absolute Gasteiger partial charge is 0.270 e. The number of nitrogens with zero attached hydrogens (tertiary/aromatic N) is 3. The van der Waals surface area contributed by atoms with Gasteiger partial charge >= 0.3 is 0 Å². The number of amides is 1. The van der Waals surface area contributed by atoms with Crippen molar-refractivity contribution < 1.29 is 14.3 Å². The summed E-state index contributed by atoms with van der Waals surface area (Å²) in [6, 6.07) is 7.68. The Morgan fingerprint density at radius 1 is 1.15 bits per heavy atom.